The van der Waals surface area contributed by atoms with Gasteiger partial charge in [0.25, 0.3) is 0 Å². The first kappa shape index (κ1) is 15.4. The molecule has 96 valence electrons. The van der Waals surface area contributed by atoms with Gasteiger partial charge in [-0.25, -0.2) is 4.79 Å². The Labute approximate surface area is 101 Å². The number of amides is 1. The average Bonchev–Trinajstić information content (AvgIpc) is 2.21. The Morgan fingerprint density at radius 3 is 2.41 bits per heavy atom. The molecule has 0 bridgehead atoms. The summed E-state index contributed by atoms with van der Waals surface area (Å²) >= 11 is 0. The van der Waals surface area contributed by atoms with E-state index in [4.69, 9.17) is 10.4 Å². The number of carboxylic acids is 1. The van der Waals surface area contributed by atoms with Gasteiger partial charge in [0.2, 0.25) is 5.91 Å². The topological polar surface area (TPSA) is 93.4 Å². The molecule has 0 heterocycles. The maximum Gasteiger partial charge on any atom is 0.327 e. The van der Waals surface area contributed by atoms with Crippen LogP contribution in [0.15, 0.2) is 0 Å². The van der Waals surface area contributed by atoms with Gasteiger partial charge in [-0.3, -0.25) is 9.69 Å². The molecule has 1 atom stereocenters. The van der Waals surface area contributed by atoms with Crippen LogP contribution in [0.1, 0.15) is 27.2 Å². The van der Waals surface area contributed by atoms with E-state index in [0.717, 1.165) is 0 Å². The number of nitriles is 1. The molecule has 6 nitrogen and oxygen atoms in total. The van der Waals surface area contributed by atoms with Gasteiger partial charge < -0.3 is 10.4 Å². The summed E-state index contributed by atoms with van der Waals surface area (Å²) in [5, 5.41) is 19.9. The smallest absolute Gasteiger partial charge is 0.327 e. The summed E-state index contributed by atoms with van der Waals surface area (Å²) in [5.74, 6) is -1.44. The zero-order chi connectivity index (χ0) is 13.4. The Bertz CT molecular complexity index is 310. The summed E-state index contributed by atoms with van der Waals surface area (Å²) in [6.45, 7) is 5.82. The minimum atomic E-state index is -1.07. The van der Waals surface area contributed by atoms with Gasteiger partial charge in [0.1, 0.15) is 6.04 Å². The lowest BCUT2D eigenvalue weighted by atomic mass is 10.2. The van der Waals surface area contributed by atoms with Gasteiger partial charge in [0.15, 0.2) is 0 Å². The van der Waals surface area contributed by atoms with Crippen LogP contribution in [-0.4, -0.2) is 47.1 Å². The van der Waals surface area contributed by atoms with Gasteiger partial charge in [-0.1, -0.05) is 0 Å². The number of carbonyl (C=O) groups is 2. The van der Waals surface area contributed by atoms with Gasteiger partial charge in [0, 0.05) is 32.5 Å². The molecule has 0 aromatic heterocycles. The van der Waals surface area contributed by atoms with Gasteiger partial charge in [-0.2, -0.15) is 5.26 Å². The van der Waals surface area contributed by atoms with Crippen molar-refractivity contribution in [1.29, 1.82) is 5.26 Å². The molecule has 0 saturated heterocycles. The number of nitrogens with one attached hydrogen (secondary N) is 1. The first-order chi connectivity index (χ1) is 7.88. The minimum Gasteiger partial charge on any atom is -0.480 e. The number of rotatable bonds is 7. The number of carbonyl (C=O) groups excluding carboxylic acids is 1. The summed E-state index contributed by atoms with van der Waals surface area (Å²) < 4.78 is 0. The van der Waals surface area contributed by atoms with E-state index in [2.05, 4.69) is 5.32 Å². The largest absolute Gasteiger partial charge is 0.480 e. The fourth-order valence-electron chi connectivity index (χ4n) is 1.42. The normalized spacial score (nSPS) is 12.2. The SMILES string of the molecule is CC(=O)NC(CN(CCC#N)C(C)C)C(=O)O. The van der Waals surface area contributed by atoms with Gasteiger partial charge in [0.05, 0.1) is 6.07 Å². The number of hydrogen-bond acceptors (Lipinski definition) is 4. The Balaban J connectivity index is 4.51. The van der Waals surface area contributed by atoms with E-state index >= 15 is 0 Å². The van der Waals surface area contributed by atoms with Crippen LogP contribution < -0.4 is 5.32 Å². The highest BCUT2D eigenvalue weighted by Gasteiger charge is 2.22. The number of aliphatic carboxylic acids is 1. The quantitative estimate of drug-likeness (QED) is 0.664. The van der Waals surface area contributed by atoms with E-state index in [1.165, 1.54) is 6.92 Å². The maximum absolute atomic E-state index is 11.0. The van der Waals surface area contributed by atoms with Gasteiger partial charge >= 0.3 is 5.97 Å². The van der Waals surface area contributed by atoms with Crippen molar-refractivity contribution in [3.63, 3.8) is 0 Å². The van der Waals surface area contributed by atoms with E-state index < -0.39 is 12.0 Å². The maximum atomic E-state index is 11.0. The first-order valence-electron chi connectivity index (χ1n) is 5.49. The van der Waals surface area contributed by atoms with Crippen LogP contribution in [0.5, 0.6) is 0 Å². The van der Waals surface area contributed by atoms with E-state index in [1.807, 2.05) is 24.8 Å². The molecular weight excluding hydrogens is 222 g/mol. The zero-order valence-corrected chi connectivity index (χ0v) is 10.4. The highest BCUT2D eigenvalue weighted by Crippen LogP contribution is 2.02. The molecule has 2 N–H and O–H groups in total. The van der Waals surface area contributed by atoms with Crippen LogP contribution in [0.4, 0.5) is 0 Å². The second kappa shape index (κ2) is 7.63. The fraction of sp³-hybridized carbons (Fsp3) is 0.727. The molecule has 0 rings (SSSR count). The van der Waals surface area contributed by atoms with Crippen molar-refractivity contribution in [2.24, 2.45) is 0 Å². The number of carboxylic acid groups (broad SMARTS) is 1. The molecule has 0 aliphatic carbocycles. The van der Waals surface area contributed by atoms with Crippen molar-refractivity contribution >= 4 is 11.9 Å². The van der Waals surface area contributed by atoms with E-state index in [9.17, 15) is 9.59 Å². The van der Waals surface area contributed by atoms with Crippen LogP contribution in [-0.2, 0) is 9.59 Å². The average molecular weight is 241 g/mol. The molecule has 0 radical (unpaired) electrons. The molecule has 17 heavy (non-hydrogen) atoms. The second-order valence-electron chi connectivity index (χ2n) is 4.09. The molecule has 1 amide bonds. The predicted octanol–water partition coefficient (Wildman–Crippen LogP) is 0.200. The third kappa shape index (κ3) is 6.53. The molecule has 0 spiro atoms. The lowest BCUT2D eigenvalue weighted by Crippen LogP contribution is -2.49. The highest BCUT2D eigenvalue weighted by molar-refractivity contribution is 5.82. The molecule has 0 aromatic carbocycles. The molecule has 6 heteroatoms. The molecule has 1 unspecified atom stereocenters. The predicted molar refractivity (Wildman–Crippen MR) is 62.2 cm³/mol. The minimum absolute atomic E-state index is 0.124. The van der Waals surface area contributed by atoms with E-state index in [1.54, 1.807) is 0 Å². The van der Waals surface area contributed by atoms with Gasteiger partial charge in [-0.15, -0.1) is 0 Å². The van der Waals surface area contributed by atoms with Crippen molar-refractivity contribution < 1.29 is 14.7 Å². The fourth-order valence-corrected chi connectivity index (χ4v) is 1.42. The van der Waals surface area contributed by atoms with Crippen molar-refractivity contribution in [2.45, 2.75) is 39.3 Å². The summed E-state index contributed by atoms with van der Waals surface area (Å²) in [6, 6.07) is 1.21. The van der Waals surface area contributed by atoms with Crippen LogP contribution in [0.3, 0.4) is 0 Å². The Morgan fingerprint density at radius 2 is 2.06 bits per heavy atom. The molecule has 0 saturated carbocycles. The molecule has 0 aliphatic heterocycles. The first-order valence-corrected chi connectivity index (χ1v) is 5.49. The molecule has 0 fully saturated rings. The summed E-state index contributed by atoms with van der Waals surface area (Å²) in [5.41, 5.74) is 0. The lowest BCUT2D eigenvalue weighted by Gasteiger charge is -2.28. The Morgan fingerprint density at radius 1 is 1.47 bits per heavy atom. The zero-order valence-electron chi connectivity index (χ0n) is 10.4. The monoisotopic (exact) mass is 241 g/mol. The Kier molecular flexibility index (Phi) is 6.91. The van der Waals surface area contributed by atoms with E-state index in [0.29, 0.717) is 13.0 Å². The van der Waals surface area contributed by atoms with Crippen molar-refractivity contribution in [3.8, 4) is 6.07 Å². The van der Waals surface area contributed by atoms with Crippen LogP contribution in [0.25, 0.3) is 0 Å². The lowest BCUT2D eigenvalue weighted by molar-refractivity contribution is -0.142. The second-order valence-corrected chi connectivity index (χ2v) is 4.09. The number of hydrogen-bond donors (Lipinski definition) is 2. The van der Waals surface area contributed by atoms with Crippen molar-refractivity contribution in [3.05, 3.63) is 0 Å². The van der Waals surface area contributed by atoms with Crippen LogP contribution in [0.2, 0.25) is 0 Å². The van der Waals surface area contributed by atoms with Crippen LogP contribution in [0, 0.1) is 11.3 Å². The summed E-state index contributed by atoms with van der Waals surface area (Å²) in [6.07, 6.45) is 0.338. The van der Waals surface area contributed by atoms with E-state index in [-0.39, 0.29) is 18.5 Å². The van der Waals surface area contributed by atoms with Crippen molar-refractivity contribution in [2.75, 3.05) is 13.1 Å². The van der Waals surface area contributed by atoms with Crippen LogP contribution >= 0.6 is 0 Å². The summed E-state index contributed by atoms with van der Waals surface area (Å²) in [7, 11) is 0. The molecular formula is C11H19N3O3. The standard InChI is InChI=1S/C11H19N3O3/c1-8(2)14(6-4-5-12)7-10(11(16)17)13-9(3)15/h8,10H,4,6-7H2,1-3H3,(H,13,15)(H,16,17). The number of nitrogens with zero attached hydrogens (tertiary/aromatic N) is 2. The molecule has 0 aromatic rings. The third-order valence-corrected chi connectivity index (χ3v) is 2.33. The van der Waals surface area contributed by atoms with Crippen molar-refractivity contribution in [1.82, 2.24) is 10.2 Å². The summed E-state index contributed by atoms with van der Waals surface area (Å²) in [4.78, 5) is 23.7. The highest BCUT2D eigenvalue weighted by atomic mass is 16.4. The Hall–Kier alpha value is -1.61. The molecule has 0 aliphatic rings. The van der Waals surface area contributed by atoms with Gasteiger partial charge in [-0.05, 0) is 13.8 Å². The third-order valence-electron chi connectivity index (χ3n) is 2.33.